The Hall–Kier alpha value is -0.0800. The average molecular weight is 224 g/mol. The van der Waals surface area contributed by atoms with Crippen molar-refractivity contribution in [3.05, 3.63) is 0 Å². The van der Waals surface area contributed by atoms with Gasteiger partial charge in [0, 0.05) is 12.1 Å². The molecule has 2 aliphatic rings. The Morgan fingerprint density at radius 3 is 2.19 bits per heavy atom. The van der Waals surface area contributed by atoms with Crippen LogP contribution < -0.4 is 5.73 Å². The molecule has 16 heavy (non-hydrogen) atoms. The molecule has 0 aromatic heterocycles. The number of hydrogen-bond acceptors (Lipinski definition) is 2. The molecule has 0 amide bonds. The molecule has 1 unspecified atom stereocenters. The van der Waals surface area contributed by atoms with Crippen LogP contribution in [0.25, 0.3) is 0 Å². The lowest BCUT2D eigenvalue weighted by atomic mass is 10.1. The molecule has 0 aromatic carbocycles. The van der Waals surface area contributed by atoms with Crippen LogP contribution in [0.4, 0.5) is 0 Å². The molecule has 2 saturated carbocycles. The smallest absolute Gasteiger partial charge is 0.00964 e. The topological polar surface area (TPSA) is 29.3 Å². The highest BCUT2D eigenvalue weighted by Gasteiger charge is 2.31. The maximum atomic E-state index is 6.18. The van der Waals surface area contributed by atoms with Crippen LogP contribution >= 0.6 is 0 Å². The van der Waals surface area contributed by atoms with E-state index < -0.39 is 0 Å². The monoisotopic (exact) mass is 224 g/mol. The van der Waals surface area contributed by atoms with Gasteiger partial charge >= 0.3 is 0 Å². The van der Waals surface area contributed by atoms with E-state index in [1.165, 1.54) is 51.6 Å². The van der Waals surface area contributed by atoms with Gasteiger partial charge in [-0.3, -0.25) is 0 Å². The minimum absolute atomic E-state index is 0.486. The van der Waals surface area contributed by atoms with Gasteiger partial charge in [0.1, 0.15) is 0 Å². The minimum atomic E-state index is 0.486. The van der Waals surface area contributed by atoms with Crippen LogP contribution in [0.15, 0.2) is 0 Å². The summed E-state index contributed by atoms with van der Waals surface area (Å²) in [6.07, 6.45) is 8.19. The Morgan fingerprint density at radius 2 is 1.69 bits per heavy atom. The molecule has 0 spiro atoms. The van der Waals surface area contributed by atoms with Crippen molar-refractivity contribution >= 4 is 0 Å². The Bertz CT molecular complexity index is 207. The molecule has 2 rings (SSSR count). The average Bonchev–Trinajstić information content (AvgIpc) is 3.07. The summed E-state index contributed by atoms with van der Waals surface area (Å²) in [5.74, 6) is 1.70. The molecule has 2 aliphatic carbocycles. The molecule has 0 bridgehead atoms. The van der Waals surface area contributed by atoms with Crippen LogP contribution in [0.5, 0.6) is 0 Å². The van der Waals surface area contributed by atoms with E-state index in [9.17, 15) is 0 Å². The van der Waals surface area contributed by atoms with Gasteiger partial charge in [-0.15, -0.1) is 0 Å². The van der Waals surface area contributed by atoms with Crippen LogP contribution in [-0.2, 0) is 0 Å². The molecule has 0 heterocycles. The van der Waals surface area contributed by atoms with Crippen molar-refractivity contribution in [1.29, 1.82) is 0 Å². The van der Waals surface area contributed by atoms with Crippen LogP contribution in [-0.4, -0.2) is 30.1 Å². The highest BCUT2D eigenvalue weighted by Crippen LogP contribution is 2.34. The van der Waals surface area contributed by atoms with E-state index in [4.69, 9.17) is 5.73 Å². The van der Waals surface area contributed by atoms with Crippen molar-refractivity contribution in [2.24, 2.45) is 17.6 Å². The van der Waals surface area contributed by atoms with Gasteiger partial charge in [0.2, 0.25) is 0 Å². The van der Waals surface area contributed by atoms with Gasteiger partial charge in [-0.2, -0.15) is 0 Å². The molecule has 1 atom stereocenters. The third-order valence-electron chi connectivity index (χ3n) is 4.03. The van der Waals surface area contributed by atoms with Gasteiger partial charge in [-0.1, -0.05) is 13.8 Å². The predicted molar refractivity (Wildman–Crippen MR) is 69.4 cm³/mol. The second kappa shape index (κ2) is 5.50. The number of nitrogens with two attached hydrogens (primary N) is 1. The summed E-state index contributed by atoms with van der Waals surface area (Å²) in [7, 11) is 0. The molecular weight excluding hydrogens is 196 g/mol. The maximum Gasteiger partial charge on any atom is 0.00964 e. The summed E-state index contributed by atoms with van der Waals surface area (Å²) in [6.45, 7) is 7.18. The Labute approximate surface area is 101 Å². The van der Waals surface area contributed by atoms with Crippen molar-refractivity contribution in [1.82, 2.24) is 4.90 Å². The molecule has 0 radical (unpaired) electrons. The summed E-state index contributed by atoms with van der Waals surface area (Å²) in [6, 6.07) is 1.39. The first kappa shape index (κ1) is 12.4. The fraction of sp³-hybridized carbons (Fsp3) is 1.00. The molecule has 2 fully saturated rings. The first-order chi connectivity index (χ1) is 7.66. The van der Waals surface area contributed by atoms with E-state index in [2.05, 4.69) is 18.7 Å². The van der Waals surface area contributed by atoms with E-state index in [1.807, 2.05) is 0 Å². The zero-order valence-electron chi connectivity index (χ0n) is 11.0. The largest absolute Gasteiger partial charge is 0.327 e. The summed E-state index contributed by atoms with van der Waals surface area (Å²) in [5.41, 5.74) is 6.18. The van der Waals surface area contributed by atoms with Gasteiger partial charge in [-0.05, 0) is 63.5 Å². The van der Waals surface area contributed by atoms with Gasteiger partial charge in [0.25, 0.3) is 0 Å². The fourth-order valence-electron chi connectivity index (χ4n) is 2.42. The molecule has 0 aromatic rings. The SMILES string of the molecule is CC(C)CCN(CCC(N)C1CC1)C1CC1. The standard InChI is InChI=1S/C14H28N2/c1-11(2)7-9-16(13-5-6-13)10-8-14(15)12-3-4-12/h11-14H,3-10,15H2,1-2H3. The quantitative estimate of drug-likeness (QED) is 0.687. The van der Waals surface area contributed by atoms with Crippen LogP contribution in [0.3, 0.4) is 0 Å². The Kier molecular flexibility index (Phi) is 4.26. The first-order valence-corrected chi connectivity index (χ1v) is 7.16. The van der Waals surface area contributed by atoms with Crippen molar-refractivity contribution in [3.63, 3.8) is 0 Å². The Balaban J connectivity index is 1.65. The minimum Gasteiger partial charge on any atom is -0.327 e. The van der Waals surface area contributed by atoms with Crippen molar-refractivity contribution in [2.45, 2.75) is 64.5 Å². The van der Waals surface area contributed by atoms with Crippen molar-refractivity contribution in [2.75, 3.05) is 13.1 Å². The highest BCUT2D eigenvalue weighted by atomic mass is 15.2. The molecule has 0 aliphatic heterocycles. The molecule has 0 saturated heterocycles. The number of rotatable bonds is 8. The van der Waals surface area contributed by atoms with Gasteiger partial charge in [0.05, 0.1) is 0 Å². The lowest BCUT2D eigenvalue weighted by Crippen LogP contribution is -2.34. The lowest BCUT2D eigenvalue weighted by Gasteiger charge is -2.24. The molecule has 2 N–H and O–H groups in total. The molecule has 2 nitrogen and oxygen atoms in total. The second-order valence-corrected chi connectivity index (χ2v) is 6.24. The molecular formula is C14H28N2. The summed E-state index contributed by atoms with van der Waals surface area (Å²) in [5, 5.41) is 0. The third kappa shape index (κ3) is 4.06. The van der Waals surface area contributed by atoms with E-state index in [0.29, 0.717) is 6.04 Å². The van der Waals surface area contributed by atoms with Crippen molar-refractivity contribution in [3.8, 4) is 0 Å². The zero-order chi connectivity index (χ0) is 11.5. The van der Waals surface area contributed by atoms with Gasteiger partial charge in [-0.25, -0.2) is 0 Å². The fourth-order valence-corrected chi connectivity index (χ4v) is 2.42. The zero-order valence-corrected chi connectivity index (χ0v) is 11.0. The van der Waals surface area contributed by atoms with Crippen LogP contribution in [0, 0.1) is 11.8 Å². The Morgan fingerprint density at radius 1 is 1.06 bits per heavy atom. The molecule has 94 valence electrons. The van der Waals surface area contributed by atoms with Crippen LogP contribution in [0.1, 0.15) is 52.4 Å². The maximum absolute atomic E-state index is 6.18. The van der Waals surface area contributed by atoms with E-state index in [0.717, 1.165) is 17.9 Å². The number of hydrogen-bond donors (Lipinski definition) is 1. The second-order valence-electron chi connectivity index (χ2n) is 6.24. The number of nitrogens with zero attached hydrogens (tertiary/aromatic N) is 1. The summed E-state index contributed by atoms with van der Waals surface area (Å²) in [4.78, 5) is 2.70. The first-order valence-electron chi connectivity index (χ1n) is 7.16. The third-order valence-corrected chi connectivity index (χ3v) is 4.03. The van der Waals surface area contributed by atoms with E-state index in [1.54, 1.807) is 0 Å². The highest BCUT2D eigenvalue weighted by molar-refractivity contribution is 4.88. The summed E-state index contributed by atoms with van der Waals surface area (Å²) < 4.78 is 0. The molecule has 2 heteroatoms. The van der Waals surface area contributed by atoms with E-state index in [-0.39, 0.29) is 0 Å². The normalized spacial score (nSPS) is 23.1. The van der Waals surface area contributed by atoms with Gasteiger partial charge in [0.15, 0.2) is 0 Å². The van der Waals surface area contributed by atoms with Gasteiger partial charge < -0.3 is 10.6 Å². The van der Waals surface area contributed by atoms with Crippen molar-refractivity contribution < 1.29 is 0 Å². The lowest BCUT2D eigenvalue weighted by molar-refractivity contribution is 0.236. The van der Waals surface area contributed by atoms with Crippen LogP contribution in [0.2, 0.25) is 0 Å². The summed E-state index contributed by atoms with van der Waals surface area (Å²) >= 11 is 0. The predicted octanol–water partition coefficient (Wildman–Crippen LogP) is 2.62. The van der Waals surface area contributed by atoms with E-state index >= 15 is 0 Å².